The lowest BCUT2D eigenvalue weighted by Gasteiger charge is -2.35. The standard InChI is InChI=1S/C13H24N2O2/c1-10(11-8-14-9-11)13(17)15-6-2-4-12(15)5-3-7-16/h10-12,14,16H,2-9H2,1H3. The average Bonchev–Trinajstić information content (AvgIpc) is 2.70. The summed E-state index contributed by atoms with van der Waals surface area (Å²) in [5.74, 6) is 1.02. The number of carbonyl (C=O) groups excluding carboxylic acids is 1. The molecule has 17 heavy (non-hydrogen) atoms. The molecule has 1 amide bonds. The molecule has 2 N–H and O–H groups in total. The summed E-state index contributed by atoms with van der Waals surface area (Å²) in [5.41, 5.74) is 0. The van der Waals surface area contributed by atoms with Crippen molar-refractivity contribution in [3.63, 3.8) is 0 Å². The highest BCUT2D eigenvalue weighted by molar-refractivity contribution is 5.79. The van der Waals surface area contributed by atoms with Crippen molar-refractivity contribution in [2.75, 3.05) is 26.2 Å². The number of aliphatic hydroxyl groups excluding tert-OH is 1. The number of nitrogens with one attached hydrogen (secondary N) is 1. The summed E-state index contributed by atoms with van der Waals surface area (Å²) in [6, 6.07) is 0.380. The van der Waals surface area contributed by atoms with Crippen molar-refractivity contribution in [1.82, 2.24) is 10.2 Å². The number of likely N-dealkylation sites (tertiary alicyclic amines) is 1. The van der Waals surface area contributed by atoms with Gasteiger partial charge in [-0.2, -0.15) is 0 Å². The molecule has 0 aliphatic carbocycles. The summed E-state index contributed by atoms with van der Waals surface area (Å²) in [4.78, 5) is 14.5. The molecular weight excluding hydrogens is 216 g/mol. The van der Waals surface area contributed by atoms with Gasteiger partial charge in [0.2, 0.25) is 5.91 Å². The summed E-state index contributed by atoms with van der Waals surface area (Å²) in [5, 5.41) is 12.1. The molecule has 0 aromatic rings. The van der Waals surface area contributed by atoms with Crippen LogP contribution in [0.4, 0.5) is 0 Å². The van der Waals surface area contributed by atoms with E-state index in [1.54, 1.807) is 0 Å². The third-order valence-electron chi connectivity index (χ3n) is 4.27. The summed E-state index contributed by atoms with van der Waals surface area (Å²) in [7, 11) is 0. The monoisotopic (exact) mass is 240 g/mol. The molecule has 2 heterocycles. The van der Waals surface area contributed by atoms with Crippen molar-refractivity contribution in [3.8, 4) is 0 Å². The molecule has 0 radical (unpaired) electrons. The lowest BCUT2D eigenvalue weighted by Crippen LogP contribution is -2.51. The molecule has 98 valence electrons. The molecule has 2 aliphatic rings. The number of carbonyl (C=O) groups is 1. The molecular formula is C13H24N2O2. The first kappa shape index (κ1) is 12.8. The van der Waals surface area contributed by atoms with E-state index < -0.39 is 0 Å². The maximum atomic E-state index is 12.4. The molecule has 0 saturated carbocycles. The fourth-order valence-electron chi connectivity index (χ4n) is 2.88. The van der Waals surface area contributed by atoms with E-state index in [4.69, 9.17) is 5.11 Å². The van der Waals surface area contributed by atoms with Crippen LogP contribution in [0.1, 0.15) is 32.6 Å². The van der Waals surface area contributed by atoms with E-state index in [2.05, 4.69) is 17.1 Å². The highest BCUT2D eigenvalue weighted by Gasteiger charge is 2.35. The normalized spacial score (nSPS) is 26.9. The van der Waals surface area contributed by atoms with Crippen LogP contribution < -0.4 is 5.32 Å². The van der Waals surface area contributed by atoms with Gasteiger partial charge in [0, 0.05) is 25.1 Å². The van der Waals surface area contributed by atoms with E-state index in [9.17, 15) is 4.79 Å². The van der Waals surface area contributed by atoms with Gasteiger partial charge >= 0.3 is 0 Å². The minimum Gasteiger partial charge on any atom is -0.396 e. The Kier molecular flexibility index (Phi) is 4.40. The smallest absolute Gasteiger partial charge is 0.226 e. The number of rotatable bonds is 5. The first-order chi connectivity index (χ1) is 8.24. The Morgan fingerprint density at radius 2 is 2.29 bits per heavy atom. The molecule has 2 saturated heterocycles. The van der Waals surface area contributed by atoms with E-state index in [1.165, 1.54) is 0 Å². The van der Waals surface area contributed by atoms with Gasteiger partial charge in [-0.3, -0.25) is 4.79 Å². The van der Waals surface area contributed by atoms with E-state index in [1.807, 2.05) is 0 Å². The second kappa shape index (κ2) is 5.83. The summed E-state index contributed by atoms with van der Waals surface area (Å²) >= 11 is 0. The predicted octanol–water partition coefficient (Wildman–Crippen LogP) is 0.605. The van der Waals surface area contributed by atoms with E-state index in [-0.39, 0.29) is 12.5 Å². The van der Waals surface area contributed by atoms with E-state index >= 15 is 0 Å². The number of aliphatic hydroxyl groups is 1. The van der Waals surface area contributed by atoms with Gasteiger partial charge in [0.15, 0.2) is 0 Å². The fourth-order valence-corrected chi connectivity index (χ4v) is 2.88. The van der Waals surface area contributed by atoms with Crippen LogP contribution in [-0.4, -0.2) is 48.2 Å². The van der Waals surface area contributed by atoms with Crippen LogP contribution >= 0.6 is 0 Å². The van der Waals surface area contributed by atoms with Crippen LogP contribution in [0.5, 0.6) is 0 Å². The second-order valence-electron chi connectivity index (χ2n) is 5.40. The predicted molar refractivity (Wildman–Crippen MR) is 66.6 cm³/mol. The third-order valence-corrected chi connectivity index (χ3v) is 4.27. The molecule has 2 rings (SSSR count). The number of amides is 1. The molecule has 0 aromatic carbocycles. The average molecular weight is 240 g/mol. The molecule has 2 fully saturated rings. The van der Waals surface area contributed by atoms with Crippen molar-refractivity contribution in [2.45, 2.75) is 38.6 Å². The number of hydrogen-bond donors (Lipinski definition) is 2. The van der Waals surface area contributed by atoms with Gasteiger partial charge in [0.1, 0.15) is 0 Å². The lowest BCUT2D eigenvalue weighted by atomic mass is 9.87. The Bertz CT molecular complexity index is 266. The Hall–Kier alpha value is -0.610. The highest BCUT2D eigenvalue weighted by atomic mass is 16.3. The SMILES string of the molecule is CC(C(=O)N1CCCC1CCCO)C1CNC1. The zero-order valence-electron chi connectivity index (χ0n) is 10.7. The van der Waals surface area contributed by atoms with Crippen LogP contribution in [0.3, 0.4) is 0 Å². The summed E-state index contributed by atoms with van der Waals surface area (Å²) in [6.45, 7) is 5.19. The molecule has 0 aromatic heterocycles. The van der Waals surface area contributed by atoms with Crippen LogP contribution in [0.15, 0.2) is 0 Å². The topological polar surface area (TPSA) is 52.6 Å². The zero-order chi connectivity index (χ0) is 12.3. The lowest BCUT2D eigenvalue weighted by molar-refractivity contribution is -0.138. The van der Waals surface area contributed by atoms with Crippen LogP contribution in [0, 0.1) is 11.8 Å². The number of nitrogens with zero attached hydrogens (tertiary/aromatic N) is 1. The molecule has 2 atom stereocenters. The molecule has 4 nitrogen and oxygen atoms in total. The van der Waals surface area contributed by atoms with Crippen molar-refractivity contribution in [2.24, 2.45) is 11.8 Å². The van der Waals surface area contributed by atoms with Gasteiger partial charge in [-0.1, -0.05) is 6.92 Å². The summed E-state index contributed by atoms with van der Waals surface area (Å²) in [6.07, 6.45) is 4.00. The largest absolute Gasteiger partial charge is 0.396 e. The van der Waals surface area contributed by atoms with Gasteiger partial charge in [0.25, 0.3) is 0 Å². The maximum absolute atomic E-state index is 12.4. The highest BCUT2D eigenvalue weighted by Crippen LogP contribution is 2.26. The maximum Gasteiger partial charge on any atom is 0.226 e. The first-order valence-electron chi connectivity index (χ1n) is 6.86. The first-order valence-corrected chi connectivity index (χ1v) is 6.86. The number of hydrogen-bond acceptors (Lipinski definition) is 3. The van der Waals surface area contributed by atoms with Crippen LogP contribution in [-0.2, 0) is 4.79 Å². The Labute approximate surface area is 103 Å². The van der Waals surface area contributed by atoms with Crippen molar-refractivity contribution in [3.05, 3.63) is 0 Å². The van der Waals surface area contributed by atoms with Gasteiger partial charge in [-0.05, 0) is 44.7 Å². The van der Waals surface area contributed by atoms with Gasteiger partial charge in [0.05, 0.1) is 0 Å². The molecule has 0 bridgehead atoms. The van der Waals surface area contributed by atoms with E-state index in [0.29, 0.717) is 17.9 Å². The fraction of sp³-hybridized carbons (Fsp3) is 0.923. The third kappa shape index (κ3) is 2.80. The van der Waals surface area contributed by atoms with Crippen molar-refractivity contribution >= 4 is 5.91 Å². The Morgan fingerprint density at radius 3 is 2.88 bits per heavy atom. The van der Waals surface area contributed by atoms with Crippen LogP contribution in [0.25, 0.3) is 0 Å². The quantitative estimate of drug-likeness (QED) is 0.740. The van der Waals surface area contributed by atoms with Crippen molar-refractivity contribution < 1.29 is 9.90 Å². The Balaban J connectivity index is 1.88. The molecule has 0 spiro atoms. The van der Waals surface area contributed by atoms with Gasteiger partial charge in [-0.15, -0.1) is 0 Å². The van der Waals surface area contributed by atoms with Gasteiger partial charge in [-0.25, -0.2) is 0 Å². The van der Waals surface area contributed by atoms with Gasteiger partial charge < -0.3 is 15.3 Å². The summed E-state index contributed by atoms with van der Waals surface area (Å²) < 4.78 is 0. The molecule has 4 heteroatoms. The van der Waals surface area contributed by atoms with E-state index in [0.717, 1.165) is 45.3 Å². The van der Waals surface area contributed by atoms with Crippen molar-refractivity contribution in [1.29, 1.82) is 0 Å². The second-order valence-corrected chi connectivity index (χ2v) is 5.40. The zero-order valence-corrected chi connectivity index (χ0v) is 10.7. The Morgan fingerprint density at radius 1 is 1.53 bits per heavy atom. The minimum absolute atomic E-state index is 0.158. The molecule has 2 aliphatic heterocycles. The van der Waals surface area contributed by atoms with Crippen LogP contribution in [0.2, 0.25) is 0 Å². The minimum atomic E-state index is 0.158. The molecule has 2 unspecified atom stereocenters.